The zero-order valence-electron chi connectivity index (χ0n) is 20.6. The molecule has 5 rings (SSSR count). The topological polar surface area (TPSA) is 75.2 Å². The van der Waals surface area contributed by atoms with Crippen LogP contribution in [-0.2, 0) is 10.8 Å². The summed E-state index contributed by atoms with van der Waals surface area (Å²) in [6.45, 7) is 11.0. The summed E-state index contributed by atoms with van der Waals surface area (Å²) in [5.41, 5.74) is 7.37. The molecular formula is C29H29ClN2O3. The van der Waals surface area contributed by atoms with E-state index in [-0.39, 0.29) is 22.4 Å². The molecule has 0 amide bonds. The van der Waals surface area contributed by atoms with Crippen molar-refractivity contribution >= 4 is 28.6 Å². The Balaban J connectivity index is 1.53. The number of H-pyrrole nitrogens is 1. The SMILES string of the molecule is Cc1ccc(Oc2nc3cc(-c4ccc5c(c4)C(C)(C)CCC5(C)C)c(Cl)cc3[nH]2)cc1C(=O)O. The fraction of sp³-hybridized carbons (Fsp3) is 0.310. The molecule has 0 fully saturated rings. The number of halogens is 1. The number of aromatic amines is 1. The van der Waals surface area contributed by atoms with Crippen molar-refractivity contribution in [3.63, 3.8) is 0 Å². The number of carboxylic acid groups (broad SMARTS) is 1. The number of carbonyl (C=O) groups is 1. The van der Waals surface area contributed by atoms with Gasteiger partial charge in [0.25, 0.3) is 6.01 Å². The maximum atomic E-state index is 11.4. The van der Waals surface area contributed by atoms with Gasteiger partial charge in [-0.25, -0.2) is 4.79 Å². The second-order valence-corrected chi connectivity index (χ2v) is 11.2. The van der Waals surface area contributed by atoms with Crippen LogP contribution >= 0.6 is 11.6 Å². The van der Waals surface area contributed by atoms with Gasteiger partial charge in [-0.05, 0) is 77.1 Å². The number of rotatable bonds is 4. The minimum atomic E-state index is -0.995. The smallest absolute Gasteiger partial charge is 0.336 e. The largest absolute Gasteiger partial charge is 0.478 e. The number of nitrogens with zero attached hydrogens (tertiary/aromatic N) is 1. The van der Waals surface area contributed by atoms with Gasteiger partial charge in [-0.1, -0.05) is 63.6 Å². The van der Waals surface area contributed by atoms with Crippen molar-refractivity contribution in [2.45, 2.75) is 58.3 Å². The molecule has 0 saturated heterocycles. The summed E-state index contributed by atoms with van der Waals surface area (Å²) in [7, 11) is 0. The molecule has 0 spiro atoms. The second-order valence-electron chi connectivity index (χ2n) is 10.8. The summed E-state index contributed by atoms with van der Waals surface area (Å²) in [6.07, 6.45) is 2.32. The first-order valence-corrected chi connectivity index (χ1v) is 12.2. The van der Waals surface area contributed by atoms with Crippen molar-refractivity contribution in [1.29, 1.82) is 0 Å². The highest BCUT2D eigenvalue weighted by Crippen LogP contribution is 2.47. The monoisotopic (exact) mass is 488 g/mol. The van der Waals surface area contributed by atoms with Crippen molar-refractivity contribution in [2.75, 3.05) is 0 Å². The van der Waals surface area contributed by atoms with Crippen molar-refractivity contribution in [3.05, 3.63) is 75.8 Å². The Morgan fingerprint density at radius 2 is 1.71 bits per heavy atom. The molecule has 4 aromatic rings. The van der Waals surface area contributed by atoms with Gasteiger partial charge in [-0.15, -0.1) is 0 Å². The number of fused-ring (bicyclic) bond motifs is 2. The maximum absolute atomic E-state index is 11.4. The quantitative estimate of drug-likeness (QED) is 0.305. The molecule has 6 heteroatoms. The predicted molar refractivity (Wildman–Crippen MR) is 140 cm³/mol. The molecule has 5 nitrogen and oxygen atoms in total. The van der Waals surface area contributed by atoms with Crippen LogP contribution in [0.2, 0.25) is 5.02 Å². The van der Waals surface area contributed by atoms with Gasteiger partial charge in [0.15, 0.2) is 0 Å². The van der Waals surface area contributed by atoms with Crippen molar-refractivity contribution < 1.29 is 14.6 Å². The highest BCUT2D eigenvalue weighted by atomic mass is 35.5. The van der Waals surface area contributed by atoms with E-state index in [0.29, 0.717) is 16.3 Å². The zero-order chi connectivity index (χ0) is 25.1. The lowest BCUT2D eigenvalue weighted by Crippen LogP contribution is -2.33. The van der Waals surface area contributed by atoms with E-state index >= 15 is 0 Å². The molecule has 180 valence electrons. The first-order chi connectivity index (χ1) is 16.4. The van der Waals surface area contributed by atoms with Crippen LogP contribution in [0.25, 0.3) is 22.2 Å². The predicted octanol–water partition coefficient (Wildman–Crippen LogP) is 8.03. The van der Waals surface area contributed by atoms with E-state index in [1.807, 2.05) is 12.1 Å². The second kappa shape index (κ2) is 8.13. The van der Waals surface area contributed by atoms with Crippen LogP contribution in [0.5, 0.6) is 11.8 Å². The van der Waals surface area contributed by atoms with Crippen molar-refractivity contribution in [2.24, 2.45) is 0 Å². The minimum absolute atomic E-state index is 0.105. The molecule has 1 aliphatic rings. The van der Waals surface area contributed by atoms with Gasteiger partial charge in [0.05, 0.1) is 21.6 Å². The van der Waals surface area contributed by atoms with Gasteiger partial charge in [0.2, 0.25) is 0 Å². The van der Waals surface area contributed by atoms with E-state index in [4.69, 9.17) is 16.3 Å². The lowest BCUT2D eigenvalue weighted by Gasteiger charge is -2.42. The number of aromatic carboxylic acids is 1. The van der Waals surface area contributed by atoms with Gasteiger partial charge in [0.1, 0.15) is 5.75 Å². The third kappa shape index (κ3) is 4.19. The van der Waals surface area contributed by atoms with Gasteiger partial charge < -0.3 is 14.8 Å². The summed E-state index contributed by atoms with van der Waals surface area (Å²) in [5.74, 6) is -0.594. The first-order valence-electron chi connectivity index (χ1n) is 11.8. The maximum Gasteiger partial charge on any atom is 0.336 e. The average Bonchev–Trinajstić information content (AvgIpc) is 3.18. The summed E-state index contributed by atoms with van der Waals surface area (Å²) in [4.78, 5) is 19.2. The molecule has 1 heterocycles. The van der Waals surface area contributed by atoms with Gasteiger partial charge in [0, 0.05) is 5.56 Å². The van der Waals surface area contributed by atoms with Gasteiger partial charge in [-0.2, -0.15) is 4.98 Å². The summed E-state index contributed by atoms with van der Waals surface area (Å²) >= 11 is 6.74. The standard InChI is InChI=1S/C29H29ClN2O3/c1-16-6-8-18(13-19(16)26(33)34)35-27-31-24-14-20(23(30)15-25(24)32-27)17-7-9-21-22(12-17)29(4,5)11-10-28(21,2)3/h6-9,12-15H,10-11H2,1-5H3,(H,31,32)(H,33,34). The number of carboxylic acids is 1. The molecular weight excluding hydrogens is 460 g/mol. The molecule has 3 aromatic carbocycles. The van der Waals surface area contributed by atoms with Crippen LogP contribution in [0.15, 0.2) is 48.5 Å². The average molecular weight is 489 g/mol. The highest BCUT2D eigenvalue weighted by Gasteiger charge is 2.37. The van der Waals surface area contributed by atoms with Crippen LogP contribution in [-0.4, -0.2) is 21.0 Å². The summed E-state index contributed by atoms with van der Waals surface area (Å²) < 4.78 is 5.85. The summed E-state index contributed by atoms with van der Waals surface area (Å²) in [6, 6.07) is 15.7. The molecule has 1 aromatic heterocycles. The van der Waals surface area contributed by atoms with E-state index in [0.717, 1.165) is 28.6 Å². The van der Waals surface area contributed by atoms with Gasteiger partial charge >= 0.3 is 5.97 Å². The number of imidazole rings is 1. The van der Waals surface area contributed by atoms with E-state index in [2.05, 4.69) is 55.9 Å². The third-order valence-electron chi connectivity index (χ3n) is 7.37. The number of benzene rings is 3. The number of hydrogen-bond donors (Lipinski definition) is 2. The van der Waals surface area contributed by atoms with E-state index < -0.39 is 5.97 Å². The highest BCUT2D eigenvalue weighted by molar-refractivity contribution is 6.34. The molecule has 0 aliphatic heterocycles. The van der Waals surface area contributed by atoms with Crippen LogP contribution in [0.3, 0.4) is 0 Å². The van der Waals surface area contributed by atoms with Crippen LogP contribution in [0.1, 0.15) is 67.6 Å². The van der Waals surface area contributed by atoms with Crippen molar-refractivity contribution in [1.82, 2.24) is 9.97 Å². The number of hydrogen-bond acceptors (Lipinski definition) is 3. The van der Waals surface area contributed by atoms with E-state index in [1.54, 1.807) is 19.1 Å². The Morgan fingerprint density at radius 3 is 2.43 bits per heavy atom. The minimum Gasteiger partial charge on any atom is -0.478 e. The normalized spacial score (nSPS) is 16.2. The van der Waals surface area contributed by atoms with E-state index in [9.17, 15) is 9.90 Å². The molecule has 0 saturated carbocycles. The Labute approximate surface area is 210 Å². The fourth-order valence-electron chi connectivity index (χ4n) is 5.04. The van der Waals surface area contributed by atoms with Crippen LogP contribution in [0.4, 0.5) is 0 Å². The third-order valence-corrected chi connectivity index (χ3v) is 7.68. The molecule has 0 bridgehead atoms. The van der Waals surface area contributed by atoms with Crippen molar-refractivity contribution in [3.8, 4) is 22.9 Å². The van der Waals surface area contributed by atoms with Gasteiger partial charge in [-0.3, -0.25) is 0 Å². The number of ether oxygens (including phenoxy) is 1. The Hall–Kier alpha value is -3.31. The Morgan fingerprint density at radius 1 is 1.00 bits per heavy atom. The lowest BCUT2D eigenvalue weighted by molar-refractivity contribution is 0.0695. The zero-order valence-corrected chi connectivity index (χ0v) is 21.4. The molecule has 35 heavy (non-hydrogen) atoms. The lowest BCUT2D eigenvalue weighted by atomic mass is 9.63. The van der Waals surface area contributed by atoms with E-state index in [1.165, 1.54) is 23.6 Å². The summed E-state index contributed by atoms with van der Waals surface area (Å²) in [5, 5.41) is 10.0. The number of aryl methyl sites for hydroxylation is 1. The number of nitrogens with one attached hydrogen (secondary N) is 1. The number of aromatic nitrogens is 2. The molecule has 0 radical (unpaired) electrons. The van der Waals surface area contributed by atoms with Crippen LogP contribution < -0.4 is 4.74 Å². The Bertz CT molecular complexity index is 1480. The molecule has 2 N–H and O–H groups in total. The molecule has 0 unspecified atom stereocenters. The Kier molecular flexibility index (Phi) is 5.44. The van der Waals surface area contributed by atoms with Crippen LogP contribution in [0, 0.1) is 6.92 Å². The first kappa shape index (κ1) is 23.4. The fourth-order valence-corrected chi connectivity index (χ4v) is 5.31. The molecule has 1 aliphatic carbocycles. The molecule has 0 atom stereocenters.